The Morgan fingerprint density at radius 2 is 1.62 bits per heavy atom. The van der Waals surface area contributed by atoms with E-state index in [9.17, 15) is 8.42 Å². The van der Waals surface area contributed by atoms with Gasteiger partial charge in [0.1, 0.15) is 0 Å². The normalized spacial score (nSPS) is 13.7. The molecule has 0 aliphatic carbocycles. The molecule has 1 N–H and O–H groups in total. The van der Waals surface area contributed by atoms with Gasteiger partial charge in [-0.2, -0.15) is 8.42 Å². The minimum Gasteiger partial charge on any atom is -0.286 e. The topological polar surface area (TPSA) is 54.4 Å². The predicted molar refractivity (Wildman–Crippen MR) is 91.1 cm³/mol. The van der Waals surface area contributed by atoms with Crippen molar-refractivity contribution in [1.82, 2.24) is 0 Å². The number of unbranched alkanes of at least 4 members (excludes halogenated alkanes) is 1. The molecule has 0 aliphatic heterocycles. The lowest BCUT2D eigenvalue weighted by molar-refractivity contribution is 0.480. The van der Waals surface area contributed by atoms with Gasteiger partial charge in [0.2, 0.25) is 0 Å². The highest BCUT2D eigenvalue weighted by Gasteiger charge is 2.25. The Hall–Kier alpha value is -0.390. The summed E-state index contributed by atoms with van der Waals surface area (Å²) in [6.45, 7) is 13.3. The lowest BCUT2D eigenvalue weighted by Crippen LogP contribution is -2.11. The van der Waals surface area contributed by atoms with E-state index in [0.717, 1.165) is 12.8 Å². The molecule has 1 heterocycles. The summed E-state index contributed by atoms with van der Waals surface area (Å²) in [5.74, 6) is -0.145. The number of thiophene rings is 1. The maximum atomic E-state index is 10.8. The SMILES string of the molecule is CC(C)(C)c1cc(CCCCS(=O)(=O)O)c(C(C)(C)C)s1. The Bertz CT molecular complexity index is 570. The van der Waals surface area contributed by atoms with E-state index in [4.69, 9.17) is 4.55 Å². The molecular formula is C16H28O3S2. The molecule has 0 aliphatic rings. The van der Waals surface area contributed by atoms with E-state index in [1.807, 2.05) is 11.3 Å². The summed E-state index contributed by atoms with van der Waals surface area (Å²) in [5, 5.41) is 0. The summed E-state index contributed by atoms with van der Waals surface area (Å²) < 4.78 is 30.3. The molecule has 0 bridgehead atoms. The van der Waals surface area contributed by atoms with E-state index in [1.54, 1.807) is 0 Å². The molecule has 1 rings (SSSR count). The third-order valence-electron chi connectivity index (χ3n) is 3.33. The Morgan fingerprint density at radius 3 is 2.05 bits per heavy atom. The van der Waals surface area contributed by atoms with Crippen LogP contribution < -0.4 is 0 Å². The molecule has 122 valence electrons. The summed E-state index contributed by atoms with van der Waals surface area (Å²) in [6.07, 6.45) is 2.15. The second kappa shape index (κ2) is 6.39. The van der Waals surface area contributed by atoms with Crippen LogP contribution in [0.15, 0.2) is 6.07 Å². The molecule has 0 saturated heterocycles. The second-order valence-corrected chi connectivity index (χ2v) is 10.3. The number of hydrogen-bond donors (Lipinski definition) is 1. The van der Waals surface area contributed by atoms with Crippen LogP contribution in [0.25, 0.3) is 0 Å². The van der Waals surface area contributed by atoms with Gasteiger partial charge in [0.15, 0.2) is 0 Å². The molecule has 0 aromatic carbocycles. The maximum absolute atomic E-state index is 10.8. The second-order valence-electron chi connectivity index (χ2n) is 7.71. The van der Waals surface area contributed by atoms with Crippen LogP contribution in [0.2, 0.25) is 0 Å². The highest BCUT2D eigenvalue weighted by molar-refractivity contribution is 7.85. The van der Waals surface area contributed by atoms with Gasteiger partial charge in [0.25, 0.3) is 10.1 Å². The molecule has 5 heteroatoms. The highest BCUT2D eigenvalue weighted by Crippen LogP contribution is 2.39. The Kier molecular flexibility index (Phi) is 5.67. The average Bonchev–Trinajstić information content (AvgIpc) is 2.66. The van der Waals surface area contributed by atoms with Crippen LogP contribution in [-0.4, -0.2) is 18.7 Å². The first-order valence-corrected chi connectivity index (χ1v) is 9.82. The van der Waals surface area contributed by atoms with E-state index in [2.05, 4.69) is 47.6 Å². The number of aryl methyl sites for hydroxylation is 1. The van der Waals surface area contributed by atoms with Crippen molar-refractivity contribution >= 4 is 21.5 Å². The van der Waals surface area contributed by atoms with Gasteiger partial charge in [-0.3, -0.25) is 4.55 Å². The van der Waals surface area contributed by atoms with Gasteiger partial charge in [0.05, 0.1) is 5.75 Å². The summed E-state index contributed by atoms with van der Waals surface area (Å²) in [7, 11) is -3.83. The molecule has 0 unspecified atom stereocenters. The van der Waals surface area contributed by atoms with Crippen molar-refractivity contribution in [2.24, 2.45) is 0 Å². The molecule has 0 radical (unpaired) electrons. The zero-order chi connectivity index (χ0) is 16.5. The van der Waals surface area contributed by atoms with Crippen LogP contribution in [-0.2, 0) is 27.4 Å². The van der Waals surface area contributed by atoms with Gasteiger partial charge < -0.3 is 0 Å². The number of rotatable bonds is 5. The number of hydrogen-bond acceptors (Lipinski definition) is 3. The molecule has 21 heavy (non-hydrogen) atoms. The largest absolute Gasteiger partial charge is 0.286 e. The Balaban J connectivity index is 2.87. The van der Waals surface area contributed by atoms with E-state index in [-0.39, 0.29) is 16.6 Å². The van der Waals surface area contributed by atoms with E-state index < -0.39 is 10.1 Å². The van der Waals surface area contributed by atoms with Crippen LogP contribution >= 0.6 is 11.3 Å². The van der Waals surface area contributed by atoms with Crippen LogP contribution in [0.1, 0.15) is 69.7 Å². The van der Waals surface area contributed by atoms with Crippen molar-refractivity contribution in [3.8, 4) is 0 Å². The van der Waals surface area contributed by atoms with Gasteiger partial charge in [0, 0.05) is 9.75 Å². The van der Waals surface area contributed by atoms with Gasteiger partial charge in [-0.1, -0.05) is 41.5 Å². The minimum atomic E-state index is -3.83. The van der Waals surface area contributed by atoms with Crippen LogP contribution in [0.5, 0.6) is 0 Å². The van der Waals surface area contributed by atoms with E-state index in [1.165, 1.54) is 15.3 Å². The molecule has 0 saturated carbocycles. The van der Waals surface area contributed by atoms with Crippen molar-refractivity contribution < 1.29 is 13.0 Å². The first-order chi connectivity index (χ1) is 9.31. The lowest BCUT2D eigenvalue weighted by Gasteiger charge is -2.19. The highest BCUT2D eigenvalue weighted by atomic mass is 32.2. The average molecular weight is 333 g/mol. The fourth-order valence-corrected chi connectivity index (χ4v) is 4.11. The van der Waals surface area contributed by atoms with Gasteiger partial charge >= 0.3 is 0 Å². The first-order valence-electron chi connectivity index (χ1n) is 7.39. The summed E-state index contributed by atoms with van der Waals surface area (Å²) in [4.78, 5) is 2.76. The molecule has 0 fully saturated rings. The maximum Gasteiger partial charge on any atom is 0.264 e. The van der Waals surface area contributed by atoms with Gasteiger partial charge in [-0.15, -0.1) is 11.3 Å². The first kappa shape index (κ1) is 18.7. The lowest BCUT2D eigenvalue weighted by atomic mass is 9.88. The van der Waals surface area contributed by atoms with E-state index >= 15 is 0 Å². The molecule has 0 spiro atoms. The molecular weight excluding hydrogens is 304 g/mol. The van der Waals surface area contributed by atoms with Crippen molar-refractivity contribution in [3.05, 3.63) is 21.4 Å². The van der Waals surface area contributed by atoms with Gasteiger partial charge in [-0.05, 0) is 41.7 Å². The fourth-order valence-electron chi connectivity index (χ4n) is 2.22. The fraction of sp³-hybridized carbons (Fsp3) is 0.750. The summed E-state index contributed by atoms with van der Waals surface area (Å²) >= 11 is 1.87. The Labute approximate surface area is 133 Å². The third-order valence-corrected chi connectivity index (χ3v) is 6.16. The van der Waals surface area contributed by atoms with Crippen molar-refractivity contribution in [2.75, 3.05) is 5.75 Å². The predicted octanol–water partition coefficient (Wildman–Crippen LogP) is 4.55. The van der Waals surface area contributed by atoms with Crippen molar-refractivity contribution in [3.63, 3.8) is 0 Å². The van der Waals surface area contributed by atoms with Gasteiger partial charge in [-0.25, -0.2) is 0 Å². The van der Waals surface area contributed by atoms with Crippen molar-refractivity contribution in [1.29, 1.82) is 0 Å². The molecule has 0 amide bonds. The molecule has 1 aromatic rings. The van der Waals surface area contributed by atoms with Crippen molar-refractivity contribution in [2.45, 2.75) is 71.6 Å². The molecule has 0 atom stereocenters. The van der Waals surface area contributed by atoms with Crippen LogP contribution in [0.4, 0.5) is 0 Å². The van der Waals surface area contributed by atoms with E-state index in [0.29, 0.717) is 6.42 Å². The summed E-state index contributed by atoms with van der Waals surface area (Å²) in [5.41, 5.74) is 1.57. The third kappa shape index (κ3) is 6.09. The summed E-state index contributed by atoms with van der Waals surface area (Å²) in [6, 6.07) is 2.28. The smallest absolute Gasteiger partial charge is 0.264 e. The monoisotopic (exact) mass is 332 g/mol. The molecule has 3 nitrogen and oxygen atoms in total. The Morgan fingerprint density at radius 1 is 1.05 bits per heavy atom. The zero-order valence-electron chi connectivity index (χ0n) is 14.0. The molecule has 1 aromatic heterocycles. The quantitative estimate of drug-likeness (QED) is 0.635. The van der Waals surface area contributed by atoms with Crippen LogP contribution in [0.3, 0.4) is 0 Å². The van der Waals surface area contributed by atoms with Crippen LogP contribution in [0, 0.1) is 0 Å². The minimum absolute atomic E-state index is 0.104. The standard InChI is InChI=1S/C16H28O3S2/c1-15(2,3)13-11-12(14(20-13)16(4,5)6)9-7-8-10-21(17,18)19/h11H,7-10H2,1-6H3,(H,17,18,19). The zero-order valence-corrected chi connectivity index (χ0v) is 15.6.